The first-order valence-electron chi connectivity index (χ1n) is 8.73. The Balaban J connectivity index is 1.46. The summed E-state index contributed by atoms with van der Waals surface area (Å²) < 4.78 is 5.44. The highest BCUT2D eigenvalue weighted by Gasteiger charge is 2.49. The zero-order chi connectivity index (χ0) is 15.3. The van der Waals surface area contributed by atoms with E-state index in [1.165, 1.54) is 19.3 Å². The van der Waals surface area contributed by atoms with Gasteiger partial charge in [0.25, 0.3) is 0 Å². The lowest BCUT2D eigenvalue weighted by Crippen LogP contribution is -2.37. The van der Waals surface area contributed by atoms with Gasteiger partial charge in [0.05, 0.1) is 5.92 Å². The fourth-order valence-corrected chi connectivity index (χ4v) is 5.42. The zero-order valence-corrected chi connectivity index (χ0v) is 12.9. The van der Waals surface area contributed by atoms with Crippen LogP contribution in [0.3, 0.4) is 0 Å². The van der Waals surface area contributed by atoms with Crippen LogP contribution in [0, 0.1) is 35.5 Å². The number of rotatable bonds is 3. The number of carboxylic acid groups (broad SMARTS) is 1. The van der Waals surface area contributed by atoms with Gasteiger partial charge < -0.3 is 14.7 Å². The standard InChI is InChI=1S/C17H25NO4/c19-16(13-6-10-1-2-11(13)5-10)18-7-14(12-3-4-22-9-12)15(8-18)17(20)21/h10-15H,1-9H2,(H,20,21)/t10-,11+,12?,13-,14+,15-/m1/s1. The quantitative estimate of drug-likeness (QED) is 0.860. The monoisotopic (exact) mass is 307 g/mol. The van der Waals surface area contributed by atoms with E-state index < -0.39 is 11.9 Å². The highest BCUT2D eigenvalue weighted by Crippen LogP contribution is 2.49. The molecule has 1 N–H and O–H groups in total. The number of nitrogens with zero attached hydrogens (tertiary/aromatic N) is 1. The summed E-state index contributed by atoms with van der Waals surface area (Å²) in [5.74, 6) is 0.938. The normalized spacial score (nSPS) is 43.9. The highest BCUT2D eigenvalue weighted by molar-refractivity contribution is 5.81. The minimum absolute atomic E-state index is 0.0718. The van der Waals surface area contributed by atoms with Crippen LogP contribution >= 0.6 is 0 Å². The average molecular weight is 307 g/mol. The predicted molar refractivity (Wildman–Crippen MR) is 79.1 cm³/mol. The predicted octanol–water partition coefficient (Wildman–Crippen LogP) is 1.62. The van der Waals surface area contributed by atoms with Crippen LogP contribution in [-0.4, -0.2) is 48.2 Å². The van der Waals surface area contributed by atoms with E-state index >= 15 is 0 Å². The summed E-state index contributed by atoms with van der Waals surface area (Å²) in [4.78, 5) is 26.3. The Hall–Kier alpha value is -1.10. The molecule has 1 unspecified atom stereocenters. The Morgan fingerprint density at radius 2 is 1.86 bits per heavy atom. The van der Waals surface area contributed by atoms with Crippen molar-refractivity contribution in [1.29, 1.82) is 0 Å². The van der Waals surface area contributed by atoms with Crippen LogP contribution in [0.15, 0.2) is 0 Å². The van der Waals surface area contributed by atoms with Crippen molar-refractivity contribution in [3.63, 3.8) is 0 Å². The molecular formula is C17H25NO4. The second-order valence-electron chi connectivity index (χ2n) is 7.76. The van der Waals surface area contributed by atoms with Crippen molar-refractivity contribution in [3.05, 3.63) is 0 Å². The van der Waals surface area contributed by atoms with Crippen molar-refractivity contribution in [2.75, 3.05) is 26.3 Å². The number of likely N-dealkylation sites (tertiary alicyclic amines) is 1. The summed E-state index contributed by atoms with van der Waals surface area (Å²) in [5, 5.41) is 9.54. The molecule has 122 valence electrons. The summed E-state index contributed by atoms with van der Waals surface area (Å²) in [7, 11) is 0. The van der Waals surface area contributed by atoms with Gasteiger partial charge in [0, 0.05) is 32.2 Å². The molecule has 4 aliphatic rings. The summed E-state index contributed by atoms with van der Waals surface area (Å²) in [6.07, 6.45) is 5.66. The van der Waals surface area contributed by atoms with Crippen molar-refractivity contribution in [3.8, 4) is 0 Å². The van der Waals surface area contributed by atoms with Gasteiger partial charge in [-0.3, -0.25) is 9.59 Å². The molecule has 0 aromatic rings. The molecule has 0 radical (unpaired) electrons. The molecule has 1 amide bonds. The lowest BCUT2D eigenvalue weighted by Gasteiger charge is -2.26. The Morgan fingerprint density at radius 3 is 2.45 bits per heavy atom. The lowest BCUT2D eigenvalue weighted by atomic mass is 9.83. The third-order valence-corrected chi connectivity index (χ3v) is 6.62. The Labute approximate surface area is 131 Å². The number of fused-ring (bicyclic) bond motifs is 2. The summed E-state index contributed by atoms with van der Waals surface area (Å²) in [6, 6.07) is 0. The highest BCUT2D eigenvalue weighted by atomic mass is 16.5. The maximum atomic E-state index is 12.9. The molecule has 2 saturated heterocycles. The topological polar surface area (TPSA) is 66.8 Å². The van der Waals surface area contributed by atoms with Gasteiger partial charge in [0.15, 0.2) is 0 Å². The molecular weight excluding hydrogens is 282 g/mol. The van der Waals surface area contributed by atoms with Crippen molar-refractivity contribution in [1.82, 2.24) is 4.90 Å². The van der Waals surface area contributed by atoms with Crippen molar-refractivity contribution in [2.24, 2.45) is 35.5 Å². The molecule has 22 heavy (non-hydrogen) atoms. The number of aliphatic carboxylic acids is 1. The fourth-order valence-electron chi connectivity index (χ4n) is 5.42. The van der Waals surface area contributed by atoms with Crippen LogP contribution in [0.1, 0.15) is 32.1 Å². The first-order chi connectivity index (χ1) is 10.6. The molecule has 6 atom stereocenters. The second-order valence-corrected chi connectivity index (χ2v) is 7.76. The molecule has 0 spiro atoms. The van der Waals surface area contributed by atoms with E-state index in [1.807, 2.05) is 4.90 Å². The Bertz CT molecular complexity index is 473. The minimum Gasteiger partial charge on any atom is -0.481 e. The van der Waals surface area contributed by atoms with E-state index in [0.717, 1.165) is 25.4 Å². The largest absolute Gasteiger partial charge is 0.481 e. The number of carbonyl (C=O) groups excluding carboxylic acids is 1. The maximum absolute atomic E-state index is 12.9. The first-order valence-corrected chi connectivity index (χ1v) is 8.73. The second kappa shape index (κ2) is 5.52. The van der Waals surface area contributed by atoms with Gasteiger partial charge in [-0.05, 0) is 49.4 Å². The molecule has 2 aliphatic carbocycles. The van der Waals surface area contributed by atoms with Crippen molar-refractivity contribution >= 4 is 11.9 Å². The molecule has 0 aromatic heterocycles. The van der Waals surface area contributed by atoms with E-state index in [0.29, 0.717) is 31.5 Å². The van der Waals surface area contributed by atoms with Gasteiger partial charge >= 0.3 is 5.97 Å². The number of carbonyl (C=O) groups is 2. The van der Waals surface area contributed by atoms with E-state index in [-0.39, 0.29) is 17.7 Å². The summed E-state index contributed by atoms with van der Waals surface area (Å²) >= 11 is 0. The molecule has 2 saturated carbocycles. The molecule has 2 bridgehead atoms. The minimum atomic E-state index is -0.750. The summed E-state index contributed by atoms with van der Waals surface area (Å²) in [5.41, 5.74) is 0. The number of carboxylic acids is 1. The van der Waals surface area contributed by atoms with Crippen LogP contribution in [0.4, 0.5) is 0 Å². The molecule has 2 heterocycles. The molecule has 0 aromatic carbocycles. The van der Waals surface area contributed by atoms with Crippen LogP contribution in [0.2, 0.25) is 0 Å². The maximum Gasteiger partial charge on any atom is 0.308 e. The molecule has 5 heteroatoms. The van der Waals surface area contributed by atoms with Gasteiger partial charge in [-0.1, -0.05) is 6.42 Å². The zero-order valence-electron chi connectivity index (χ0n) is 12.9. The van der Waals surface area contributed by atoms with Crippen LogP contribution in [0.25, 0.3) is 0 Å². The third kappa shape index (κ3) is 2.34. The number of hydrogen-bond acceptors (Lipinski definition) is 3. The van der Waals surface area contributed by atoms with Gasteiger partial charge in [0.2, 0.25) is 5.91 Å². The SMILES string of the molecule is O=C(O)[C@@H]1CN(C(=O)[C@@H]2C[C@@H]3CC[C@H]2C3)C[C@H]1C1CCOC1. The molecule has 5 nitrogen and oxygen atoms in total. The van der Waals surface area contributed by atoms with Crippen molar-refractivity contribution < 1.29 is 19.4 Å². The van der Waals surface area contributed by atoms with Crippen LogP contribution in [-0.2, 0) is 14.3 Å². The first kappa shape index (κ1) is 14.5. The van der Waals surface area contributed by atoms with Gasteiger partial charge in [-0.25, -0.2) is 0 Å². The number of amides is 1. The van der Waals surface area contributed by atoms with E-state index in [2.05, 4.69) is 0 Å². The molecule has 2 aliphatic heterocycles. The van der Waals surface area contributed by atoms with Crippen molar-refractivity contribution in [2.45, 2.75) is 32.1 Å². The van der Waals surface area contributed by atoms with E-state index in [9.17, 15) is 14.7 Å². The molecule has 4 fully saturated rings. The third-order valence-electron chi connectivity index (χ3n) is 6.62. The van der Waals surface area contributed by atoms with E-state index in [4.69, 9.17) is 4.74 Å². The van der Waals surface area contributed by atoms with Gasteiger partial charge in [-0.2, -0.15) is 0 Å². The number of hydrogen-bond donors (Lipinski definition) is 1. The Kier molecular flexibility index (Phi) is 3.63. The number of ether oxygens (including phenoxy) is 1. The lowest BCUT2D eigenvalue weighted by molar-refractivity contribution is -0.143. The Morgan fingerprint density at radius 1 is 1.00 bits per heavy atom. The van der Waals surface area contributed by atoms with Gasteiger partial charge in [0.1, 0.15) is 0 Å². The smallest absolute Gasteiger partial charge is 0.308 e. The van der Waals surface area contributed by atoms with Crippen LogP contribution in [0.5, 0.6) is 0 Å². The summed E-state index contributed by atoms with van der Waals surface area (Å²) in [6.45, 7) is 2.42. The van der Waals surface area contributed by atoms with Crippen LogP contribution < -0.4 is 0 Å². The van der Waals surface area contributed by atoms with E-state index in [1.54, 1.807) is 0 Å². The molecule has 4 rings (SSSR count). The average Bonchev–Trinajstić information content (AvgIpc) is 3.27. The van der Waals surface area contributed by atoms with Gasteiger partial charge in [-0.15, -0.1) is 0 Å². The fraction of sp³-hybridized carbons (Fsp3) is 0.882.